The summed E-state index contributed by atoms with van der Waals surface area (Å²) in [5.41, 5.74) is -1.12. The predicted molar refractivity (Wildman–Crippen MR) is 63.8 cm³/mol. The molecule has 2 rings (SSSR count). The van der Waals surface area contributed by atoms with Gasteiger partial charge in [-0.3, -0.25) is 4.98 Å². The Labute approximate surface area is 103 Å². The molecule has 0 aromatic carbocycles. The van der Waals surface area contributed by atoms with Gasteiger partial charge in [-0.05, 0) is 19.1 Å². The fourth-order valence-corrected chi connectivity index (χ4v) is 1.51. The van der Waals surface area contributed by atoms with Gasteiger partial charge in [-0.15, -0.1) is 0 Å². The lowest BCUT2D eigenvalue weighted by Gasteiger charge is -2.21. The summed E-state index contributed by atoms with van der Waals surface area (Å²) >= 11 is 5.70. The number of anilines is 1. The molecular weight excluding hydrogens is 242 g/mol. The number of aromatic nitrogens is 2. The van der Waals surface area contributed by atoms with Gasteiger partial charge in [0.2, 0.25) is 0 Å². The Kier molecular flexibility index (Phi) is 3.31. The third-order valence-electron chi connectivity index (χ3n) is 2.27. The first kappa shape index (κ1) is 11.9. The van der Waals surface area contributed by atoms with Crippen LogP contribution >= 0.6 is 11.6 Å². The van der Waals surface area contributed by atoms with Gasteiger partial charge in [0, 0.05) is 0 Å². The van der Waals surface area contributed by atoms with Crippen LogP contribution < -0.4 is 5.32 Å². The minimum absolute atomic E-state index is 0.246. The summed E-state index contributed by atoms with van der Waals surface area (Å²) in [7, 11) is 0. The van der Waals surface area contributed by atoms with E-state index in [4.69, 9.17) is 16.0 Å². The highest BCUT2D eigenvalue weighted by Gasteiger charge is 2.26. The van der Waals surface area contributed by atoms with E-state index in [1.165, 1.54) is 18.7 Å². The molecule has 0 radical (unpaired) electrons. The van der Waals surface area contributed by atoms with E-state index < -0.39 is 5.60 Å². The number of furan rings is 1. The zero-order valence-electron chi connectivity index (χ0n) is 9.22. The normalized spacial score (nSPS) is 14.3. The molecule has 0 aliphatic carbocycles. The largest absolute Gasteiger partial charge is 0.466 e. The van der Waals surface area contributed by atoms with Crippen LogP contribution in [0, 0.1) is 0 Å². The monoisotopic (exact) mass is 253 g/mol. The zero-order chi connectivity index (χ0) is 12.3. The fraction of sp³-hybridized carbons (Fsp3) is 0.273. The summed E-state index contributed by atoms with van der Waals surface area (Å²) < 4.78 is 5.16. The van der Waals surface area contributed by atoms with Crippen molar-refractivity contribution in [2.45, 2.75) is 12.5 Å². The Bertz CT molecular complexity index is 485. The van der Waals surface area contributed by atoms with Gasteiger partial charge in [0.05, 0.1) is 25.2 Å². The van der Waals surface area contributed by atoms with Crippen LogP contribution in [0.4, 0.5) is 5.82 Å². The minimum Gasteiger partial charge on any atom is -0.466 e. The van der Waals surface area contributed by atoms with Gasteiger partial charge in [0.25, 0.3) is 0 Å². The maximum absolute atomic E-state index is 10.2. The van der Waals surface area contributed by atoms with E-state index >= 15 is 0 Å². The van der Waals surface area contributed by atoms with Crippen molar-refractivity contribution in [1.82, 2.24) is 9.97 Å². The summed E-state index contributed by atoms with van der Waals surface area (Å²) in [6.07, 6.45) is 4.49. The van der Waals surface area contributed by atoms with E-state index in [-0.39, 0.29) is 6.54 Å². The molecule has 0 amide bonds. The van der Waals surface area contributed by atoms with Gasteiger partial charge in [-0.1, -0.05) is 11.6 Å². The van der Waals surface area contributed by atoms with Gasteiger partial charge in [-0.2, -0.15) is 0 Å². The number of rotatable bonds is 4. The molecule has 1 atom stereocenters. The minimum atomic E-state index is -1.12. The van der Waals surface area contributed by atoms with E-state index in [2.05, 4.69) is 15.3 Å². The molecule has 2 aromatic heterocycles. The lowest BCUT2D eigenvalue weighted by Crippen LogP contribution is -2.30. The highest BCUT2D eigenvalue weighted by atomic mass is 35.5. The number of hydrogen-bond donors (Lipinski definition) is 2. The third kappa shape index (κ3) is 2.95. The lowest BCUT2D eigenvalue weighted by atomic mass is 10.0. The summed E-state index contributed by atoms with van der Waals surface area (Å²) in [5, 5.41) is 13.4. The molecular formula is C11H12ClN3O2. The van der Waals surface area contributed by atoms with Crippen molar-refractivity contribution >= 4 is 17.4 Å². The predicted octanol–water partition coefficient (Wildman–Crippen LogP) is 2.04. The molecule has 0 fully saturated rings. The molecule has 1 unspecified atom stereocenters. The molecule has 0 aliphatic rings. The van der Waals surface area contributed by atoms with Crippen molar-refractivity contribution in [1.29, 1.82) is 0 Å². The molecule has 2 heterocycles. The van der Waals surface area contributed by atoms with Crippen molar-refractivity contribution in [3.05, 3.63) is 41.7 Å². The first-order valence-electron chi connectivity index (χ1n) is 5.06. The van der Waals surface area contributed by atoms with E-state index in [0.717, 1.165) is 0 Å². The van der Waals surface area contributed by atoms with Crippen molar-refractivity contribution in [2.75, 3.05) is 11.9 Å². The van der Waals surface area contributed by atoms with Crippen LogP contribution in [-0.2, 0) is 5.60 Å². The Hall–Kier alpha value is -1.59. The molecule has 6 heteroatoms. The summed E-state index contributed by atoms with van der Waals surface area (Å²) in [6, 6.07) is 3.44. The van der Waals surface area contributed by atoms with Crippen LogP contribution in [0.1, 0.15) is 12.7 Å². The van der Waals surface area contributed by atoms with Gasteiger partial charge in [0.15, 0.2) is 0 Å². The molecule has 90 valence electrons. The van der Waals surface area contributed by atoms with Gasteiger partial charge < -0.3 is 14.8 Å². The number of nitrogens with one attached hydrogen (secondary N) is 1. The van der Waals surface area contributed by atoms with Crippen LogP contribution in [-0.4, -0.2) is 21.6 Å². The molecule has 0 bridgehead atoms. The molecule has 0 saturated carbocycles. The van der Waals surface area contributed by atoms with Crippen LogP contribution in [0.5, 0.6) is 0 Å². The standard InChI is InChI=1S/C11H12ClN3O2/c1-11(16,8-3-2-4-17-8)7-14-10-6-13-5-9(12)15-10/h2-6,16H,7H2,1H3,(H,14,15). The van der Waals surface area contributed by atoms with Crippen molar-refractivity contribution in [3.63, 3.8) is 0 Å². The first-order chi connectivity index (χ1) is 8.08. The molecule has 0 aliphatic heterocycles. The molecule has 0 saturated heterocycles. The van der Waals surface area contributed by atoms with Crippen molar-refractivity contribution < 1.29 is 9.52 Å². The van der Waals surface area contributed by atoms with E-state index in [1.807, 2.05) is 0 Å². The molecule has 2 aromatic rings. The van der Waals surface area contributed by atoms with Crippen molar-refractivity contribution in [2.24, 2.45) is 0 Å². The molecule has 0 spiro atoms. The third-order valence-corrected chi connectivity index (χ3v) is 2.45. The topological polar surface area (TPSA) is 71.2 Å². The summed E-state index contributed by atoms with van der Waals surface area (Å²) in [5.74, 6) is 0.990. The lowest BCUT2D eigenvalue weighted by molar-refractivity contribution is 0.0476. The maximum atomic E-state index is 10.2. The number of nitrogens with zero attached hydrogens (tertiary/aromatic N) is 2. The fourth-order valence-electron chi connectivity index (χ4n) is 1.36. The van der Waals surface area contributed by atoms with Crippen molar-refractivity contribution in [3.8, 4) is 0 Å². The summed E-state index contributed by atoms with van der Waals surface area (Å²) in [4.78, 5) is 7.89. The SMILES string of the molecule is CC(O)(CNc1cncc(Cl)n1)c1ccco1. The highest BCUT2D eigenvalue weighted by Crippen LogP contribution is 2.21. The second kappa shape index (κ2) is 4.73. The van der Waals surface area contributed by atoms with Crippen LogP contribution in [0.15, 0.2) is 35.2 Å². The van der Waals surface area contributed by atoms with E-state index in [1.54, 1.807) is 19.1 Å². The Morgan fingerprint density at radius 1 is 1.53 bits per heavy atom. The van der Waals surface area contributed by atoms with Gasteiger partial charge in [0.1, 0.15) is 22.3 Å². The van der Waals surface area contributed by atoms with E-state index in [0.29, 0.717) is 16.7 Å². The second-order valence-corrected chi connectivity index (χ2v) is 4.22. The van der Waals surface area contributed by atoms with E-state index in [9.17, 15) is 5.11 Å². The molecule has 2 N–H and O–H groups in total. The molecule has 17 heavy (non-hydrogen) atoms. The highest BCUT2D eigenvalue weighted by molar-refractivity contribution is 6.29. The van der Waals surface area contributed by atoms with Crippen LogP contribution in [0.25, 0.3) is 0 Å². The number of halogens is 1. The second-order valence-electron chi connectivity index (χ2n) is 3.83. The van der Waals surface area contributed by atoms with Crippen LogP contribution in [0.3, 0.4) is 0 Å². The smallest absolute Gasteiger partial charge is 0.149 e. The Morgan fingerprint density at radius 3 is 3.00 bits per heavy atom. The number of aliphatic hydroxyl groups is 1. The Morgan fingerprint density at radius 2 is 2.35 bits per heavy atom. The summed E-state index contributed by atoms with van der Waals surface area (Å²) in [6.45, 7) is 1.90. The van der Waals surface area contributed by atoms with Crippen LogP contribution in [0.2, 0.25) is 5.15 Å². The maximum Gasteiger partial charge on any atom is 0.149 e. The molecule has 5 nitrogen and oxygen atoms in total. The Balaban J connectivity index is 2.03. The zero-order valence-corrected chi connectivity index (χ0v) is 9.98. The average molecular weight is 254 g/mol. The first-order valence-corrected chi connectivity index (χ1v) is 5.43. The van der Waals surface area contributed by atoms with Gasteiger partial charge >= 0.3 is 0 Å². The quantitative estimate of drug-likeness (QED) is 0.873. The number of hydrogen-bond acceptors (Lipinski definition) is 5. The average Bonchev–Trinajstić information content (AvgIpc) is 2.81. The van der Waals surface area contributed by atoms with Gasteiger partial charge in [-0.25, -0.2) is 4.98 Å².